The molecule has 3 unspecified atom stereocenters. The minimum atomic E-state index is 0.687. The van der Waals surface area contributed by atoms with Crippen LogP contribution in [0.2, 0.25) is 0 Å². The summed E-state index contributed by atoms with van der Waals surface area (Å²) in [5, 5.41) is 3.46. The number of nitrogens with one attached hydrogen (secondary N) is 1. The summed E-state index contributed by atoms with van der Waals surface area (Å²) in [5.74, 6) is 1.55. The van der Waals surface area contributed by atoms with Crippen LogP contribution < -0.4 is 5.32 Å². The van der Waals surface area contributed by atoms with E-state index in [2.05, 4.69) is 45.0 Å². The van der Waals surface area contributed by atoms with Crippen LogP contribution in [0.25, 0.3) is 0 Å². The first-order chi connectivity index (χ1) is 6.04. The Morgan fingerprint density at radius 3 is 2.23 bits per heavy atom. The second-order valence-electron chi connectivity index (χ2n) is 4.85. The molecule has 1 fully saturated rings. The molecule has 1 aliphatic rings. The average Bonchev–Trinajstić information content (AvgIpc) is 2.48. The van der Waals surface area contributed by atoms with Crippen molar-refractivity contribution in [2.24, 2.45) is 11.8 Å². The van der Waals surface area contributed by atoms with Crippen molar-refractivity contribution in [1.82, 2.24) is 10.2 Å². The number of nitrogens with zero attached hydrogens (tertiary/aromatic N) is 1. The Morgan fingerprint density at radius 1 is 1.23 bits per heavy atom. The molecule has 1 rings (SSSR count). The van der Waals surface area contributed by atoms with E-state index in [1.807, 2.05) is 0 Å². The van der Waals surface area contributed by atoms with E-state index >= 15 is 0 Å². The van der Waals surface area contributed by atoms with E-state index in [1.54, 1.807) is 0 Å². The molecule has 1 saturated heterocycles. The molecule has 2 nitrogen and oxygen atoms in total. The maximum absolute atomic E-state index is 3.46. The van der Waals surface area contributed by atoms with E-state index in [4.69, 9.17) is 0 Å². The van der Waals surface area contributed by atoms with Crippen LogP contribution in [-0.2, 0) is 0 Å². The molecule has 0 aromatic rings. The quantitative estimate of drug-likeness (QED) is 0.716. The lowest BCUT2D eigenvalue weighted by molar-refractivity contribution is 0.135. The minimum Gasteiger partial charge on any atom is -0.315 e. The zero-order valence-electron chi connectivity index (χ0n) is 9.67. The van der Waals surface area contributed by atoms with E-state index < -0.39 is 0 Å². The molecule has 78 valence electrons. The van der Waals surface area contributed by atoms with Crippen LogP contribution in [0.5, 0.6) is 0 Å². The molecule has 1 N–H and O–H groups in total. The highest BCUT2D eigenvalue weighted by molar-refractivity contribution is 4.87. The predicted octanol–water partition coefficient (Wildman–Crippen LogP) is 1.57. The highest BCUT2D eigenvalue weighted by Crippen LogP contribution is 2.19. The predicted molar refractivity (Wildman–Crippen MR) is 57.9 cm³/mol. The van der Waals surface area contributed by atoms with Crippen molar-refractivity contribution in [1.29, 1.82) is 0 Å². The summed E-state index contributed by atoms with van der Waals surface area (Å²) in [6.45, 7) is 11.6. The number of rotatable bonds is 3. The summed E-state index contributed by atoms with van der Waals surface area (Å²) >= 11 is 0. The van der Waals surface area contributed by atoms with E-state index in [0.29, 0.717) is 6.04 Å². The van der Waals surface area contributed by atoms with Crippen LogP contribution in [-0.4, -0.2) is 37.1 Å². The van der Waals surface area contributed by atoms with Crippen molar-refractivity contribution in [3.8, 4) is 0 Å². The van der Waals surface area contributed by atoms with Crippen molar-refractivity contribution >= 4 is 0 Å². The zero-order chi connectivity index (χ0) is 10.0. The topological polar surface area (TPSA) is 15.3 Å². The number of hydrogen-bond donors (Lipinski definition) is 1. The molecule has 0 bridgehead atoms. The van der Waals surface area contributed by atoms with Crippen molar-refractivity contribution in [3.05, 3.63) is 0 Å². The molecular weight excluding hydrogens is 160 g/mol. The van der Waals surface area contributed by atoms with Crippen molar-refractivity contribution in [3.63, 3.8) is 0 Å². The van der Waals surface area contributed by atoms with Gasteiger partial charge in [0.25, 0.3) is 0 Å². The molecule has 0 aromatic carbocycles. The molecule has 13 heavy (non-hydrogen) atoms. The van der Waals surface area contributed by atoms with E-state index in [9.17, 15) is 0 Å². The third-order valence-electron chi connectivity index (χ3n) is 3.61. The lowest BCUT2D eigenvalue weighted by Gasteiger charge is -2.34. The Morgan fingerprint density at radius 2 is 1.85 bits per heavy atom. The van der Waals surface area contributed by atoms with E-state index in [-0.39, 0.29) is 0 Å². The van der Waals surface area contributed by atoms with Gasteiger partial charge in [-0.25, -0.2) is 0 Å². The lowest BCUT2D eigenvalue weighted by atomic mass is 9.99. The standard InChI is InChI=1S/C11H24N2/c1-8(2)10(4)13(5)11-7-12-6-9(11)3/h8-12H,6-7H2,1-5H3. The van der Waals surface area contributed by atoms with Gasteiger partial charge in [-0.1, -0.05) is 20.8 Å². The zero-order valence-corrected chi connectivity index (χ0v) is 9.67. The van der Waals surface area contributed by atoms with Gasteiger partial charge >= 0.3 is 0 Å². The number of hydrogen-bond acceptors (Lipinski definition) is 2. The van der Waals surface area contributed by atoms with Gasteiger partial charge in [0, 0.05) is 18.6 Å². The monoisotopic (exact) mass is 184 g/mol. The fraction of sp³-hybridized carbons (Fsp3) is 1.00. The maximum Gasteiger partial charge on any atom is 0.0258 e. The van der Waals surface area contributed by atoms with Crippen LogP contribution in [0.1, 0.15) is 27.7 Å². The van der Waals surface area contributed by atoms with Gasteiger partial charge in [0.15, 0.2) is 0 Å². The summed E-state index contributed by atoms with van der Waals surface area (Å²) in [5.41, 5.74) is 0. The number of likely N-dealkylation sites (N-methyl/N-ethyl adjacent to an activating group) is 1. The van der Waals surface area contributed by atoms with Gasteiger partial charge in [-0.15, -0.1) is 0 Å². The van der Waals surface area contributed by atoms with Crippen molar-refractivity contribution in [2.45, 2.75) is 39.8 Å². The summed E-state index contributed by atoms with van der Waals surface area (Å²) in [6, 6.07) is 1.42. The molecule has 0 aliphatic carbocycles. The Balaban J connectivity index is 2.50. The van der Waals surface area contributed by atoms with Gasteiger partial charge in [-0.05, 0) is 32.4 Å². The van der Waals surface area contributed by atoms with Crippen LogP contribution in [0.4, 0.5) is 0 Å². The van der Waals surface area contributed by atoms with Crippen LogP contribution >= 0.6 is 0 Å². The second-order valence-corrected chi connectivity index (χ2v) is 4.85. The van der Waals surface area contributed by atoms with Gasteiger partial charge in [-0.2, -0.15) is 0 Å². The Labute approximate surface area is 82.7 Å². The Hall–Kier alpha value is -0.0800. The molecule has 1 aliphatic heterocycles. The third-order valence-corrected chi connectivity index (χ3v) is 3.61. The fourth-order valence-corrected chi connectivity index (χ4v) is 2.11. The average molecular weight is 184 g/mol. The molecule has 0 radical (unpaired) electrons. The molecule has 3 atom stereocenters. The molecule has 2 heteroatoms. The SMILES string of the molecule is CC(C)C(C)N(C)C1CNCC1C. The van der Waals surface area contributed by atoms with Gasteiger partial charge < -0.3 is 5.32 Å². The maximum atomic E-state index is 3.46. The minimum absolute atomic E-state index is 0.687. The first-order valence-corrected chi connectivity index (χ1v) is 5.46. The van der Waals surface area contributed by atoms with Crippen LogP contribution in [0, 0.1) is 11.8 Å². The van der Waals surface area contributed by atoms with Gasteiger partial charge in [0.05, 0.1) is 0 Å². The molecular formula is C11H24N2. The molecule has 0 saturated carbocycles. The Kier molecular flexibility index (Phi) is 3.74. The van der Waals surface area contributed by atoms with Crippen molar-refractivity contribution in [2.75, 3.05) is 20.1 Å². The lowest BCUT2D eigenvalue weighted by Crippen LogP contribution is -2.44. The first kappa shape index (κ1) is 11.0. The molecule has 1 heterocycles. The summed E-state index contributed by atoms with van der Waals surface area (Å²) in [7, 11) is 2.26. The highest BCUT2D eigenvalue weighted by atomic mass is 15.2. The smallest absolute Gasteiger partial charge is 0.0258 e. The normalized spacial score (nSPS) is 31.6. The van der Waals surface area contributed by atoms with E-state index in [0.717, 1.165) is 24.4 Å². The Bertz CT molecular complexity index is 156. The fourth-order valence-electron chi connectivity index (χ4n) is 2.11. The second kappa shape index (κ2) is 4.43. The molecule has 0 aromatic heterocycles. The highest BCUT2D eigenvalue weighted by Gasteiger charge is 2.29. The molecule has 0 amide bonds. The van der Waals surface area contributed by atoms with Crippen molar-refractivity contribution < 1.29 is 0 Å². The van der Waals surface area contributed by atoms with Crippen LogP contribution in [0.3, 0.4) is 0 Å². The van der Waals surface area contributed by atoms with Crippen LogP contribution in [0.15, 0.2) is 0 Å². The summed E-state index contributed by atoms with van der Waals surface area (Å²) in [4.78, 5) is 2.54. The third kappa shape index (κ3) is 2.44. The van der Waals surface area contributed by atoms with Gasteiger partial charge in [0.2, 0.25) is 0 Å². The molecule has 0 spiro atoms. The largest absolute Gasteiger partial charge is 0.315 e. The van der Waals surface area contributed by atoms with Gasteiger partial charge in [0.1, 0.15) is 0 Å². The summed E-state index contributed by atoms with van der Waals surface area (Å²) in [6.07, 6.45) is 0. The van der Waals surface area contributed by atoms with E-state index in [1.165, 1.54) is 6.54 Å². The first-order valence-electron chi connectivity index (χ1n) is 5.46. The van der Waals surface area contributed by atoms with Gasteiger partial charge in [-0.3, -0.25) is 4.90 Å². The summed E-state index contributed by atoms with van der Waals surface area (Å²) < 4.78 is 0.